The molecule has 0 aromatic heterocycles. The van der Waals surface area contributed by atoms with Gasteiger partial charge in [0.1, 0.15) is 5.82 Å². The topological polar surface area (TPSA) is 58.4 Å². The molecule has 2 fully saturated rings. The Morgan fingerprint density at radius 1 is 1.31 bits per heavy atom. The zero-order valence-corrected chi connectivity index (χ0v) is 15.9. The Kier molecular flexibility index (Phi) is 4.35. The molecule has 2 aliphatic carbocycles. The van der Waals surface area contributed by atoms with Crippen molar-refractivity contribution in [2.75, 3.05) is 6.54 Å². The van der Waals surface area contributed by atoms with Gasteiger partial charge in [-0.15, -0.1) is 0 Å². The average Bonchev–Trinajstić information content (AvgIpc) is 2.93. The molecule has 1 amide bonds. The molecule has 4 unspecified atom stereocenters. The van der Waals surface area contributed by atoms with Gasteiger partial charge in [-0.25, -0.2) is 4.39 Å². The lowest BCUT2D eigenvalue weighted by Gasteiger charge is -2.53. The van der Waals surface area contributed by atoms with E-state index in [0.29, 0.717) is 31.5 Å². The fourth-order valence-electron chi connectivity index (χ4n) is 5.96. The summed E-state index contributed by atoms with van der Waals surface area (Å²) in [6, 6.07) is 4.80. The van der Waals surface area contributed by atoms with Gasteiger partial charge in [0.2, 0.25) is 5.91 Å². The number of carbonyl (C=O) groups is 1. The highest BCUT2D eigenvalue weighted by atomic mass is 19.1. The summed E-state index contributed by atoms with van der Waals surface area (Å²) < 4.78 is 13.4. The zero-order chi connectivity index (χ0) is 18.5. The summed E-state index contributed by atoms with van der Waals surface area (Å²) in [5, 5.41) is 3.62. The van der Waals surface area contributed by atoms with Crippen molar-refractivity contribution in [3.05, 3.63) is 35.1 Å². The van der Waals surface area contributed by atoms with Crippen LogP contribution in [0.5, 0.6) is 0 Å². The normalized spacial score (nSPS) is 36.1. The van der Waals surface area contributed by atoms with Crippen molar-refractivity contribution in [3.8, 4) is 0 Å². The van der Waals surface area contributed by atoms with Crippen LogP contribution in [0.4, 0.5) is 4.39 Å². The monoisotopic (exact) mass is 359 g/mol. The maximum atomic E-state index is 13.4. The quantitative estimate of drug-likeness (QED) is 0.872. The van der Waals surface area contributed by atoms with Crippen LogP contribution in [-0.4, -0.2) is 28.4 Å². The largest absolute Gasteiger partial charge is 0.333 e. The molecule has 1 aromatic carbocycles. The van der Waals surface area contributed by atoms with Crippen molar-refractivity contribution in [2.24, 2.45) is 17.6 Å². The Hall–Kier alpha value is -1.46. The molecule has 0 spiro atoms. The molecule has 3 aliphatic rings. The number of amides is 1. The van der Waals surface area contributed by atoms with Crippen molar-refractivity contribution in [3.63, 3.8) is 0 Å². The van der Waals surface area contributed by atoms with Crippen molar-refractivity contribution in [1.29, 1.82) is 0 Å². The van der Waals surface area contributed by atoms with Crippen LogP contribution in [-0.2, 0) is 17.9 Å². The first-order valence-electron chi connectivity index (χ1n) is 9.83. The van der Waals surface area contributed by atoms with E-state index in [4.69, 9.17) is 5.73 Å². The molecule has 0 radical (unpaired) electrons. The minimum Gasteiger partial charge on any atom is -0.333 e. The van der Waals surface area contributed by atoms with Crippen LogP contribution in [0.2, 0.25) is 0 Å². The second-order valence-corrected chi connectivity index (χ2v) is 9.45. The molecule has 3 N–H and O–H groups in total. The summed E-state index contributed by atoms with van der Waals surface area (Å²) in [4.78, 5) is 14.6. The van der Waals surface area contributed by atoms with Gasteiger partial charge < -0.3 is 16.0 Å². The smallest absolute Gasteiger partial charge is 0.237 e. The number of nitrogens with one attached hydrogen (secondary N) is 1. The van der Waals surface area contributed by atoms with Crippen LogP contribution in [0.25, 0.3) is 0 Å². The highest BCUT2D eigenvalue weighted by Gasteiger charge is 2.48. The lowest BCUT2D eigenvalue weighted by Crippen LogP contribution is -2.62. The molecule has 1 heterocycles. The third-order valence-electron chi connectivity index (χ3n) is 6.51. The number of hydrogen-bond acceptors (Lipinski definition) is 3. The second kappa shape index (κ2) is 6.31. The number of rotatable bonds is 3. The minimum absolute atomic E-state index is 0.0154. The Morgan fingerprint density at radius 2 is 2.08 bits per heavy atom. The molecule has 4 rings (SSSR count). The summed E-state index contributed by atoms with van der Waals surface area (Å²) in [6.45, 7) is 5.89. The lowest BCUT2D eigenvalue weighted by atomic mass is 9.59. The van der Waals surface area contributed by atoms with E-state index in [9.17, 15) is 9.18 Å². The number of benzene rings is 1. The molecule has 1 aliphatic heterocycles. The van der Waals surface area contributed by atoms with Crippen molar-refractivity contribution < 1.29 is 9.18 Å². The summed E-state index contributed by atoms with van der Waals surface area (Å²) >= 11 is 0. The van der Waals surface area contributed by atoms with E-state index in [1.54, 1.807) is 12.1 Å². The average molecular weight is 359 g/mol. The van der Waals surface area contributed by atoms with Gasteiger partial charge in [0.25, 0.3) is 0 Å². The van der Waals surface area contributed by atoms with E-state index in [2.05, 4.69) is 19.2 Å². The van der Waals surface area contributed by atoms with Crippen LogP contribution < -0.4 is 11.1 Å². The third-order valence-corrected chi connectivity index (χ3v) is 6.51. The zero-order valence-electron chi connectivity index (χ0n) is 15.9. The highest BCUT2D eigenvalue weighted by Crippen LogP contribution is 2.48. The second-order valence-electron chi connectivity index (χ2n) is 9.45. The SMILES string of the molecule is CC1CC2CC(C)(N)CC(NCC(=O)N3Cc4ccc(F)cc4C3)(C1)C2. The number of hydrogen-bond donors (Lipinski definition) is 2. The Balaban J connectivity index is 1.41. The predicted molar refractivity (Wildman–Crippen MR) is 99.7 cm³/mol. The van der Waals surface area contributed by atoms with Gasteiger partial charge in [-0.05, 0) is 74.1 Å². The van der Waals surface area contributed by atoms with Gasteiger partial charge in [-0.2, -0.15) is 0 Å². The Labute approximate surface area is 155 Å². The van der Waals surface area contributed by atoms with Crippen LogP contribution in [0.1, 0.15) is 57.1 Å². The molecule has 0 saturated heterocycles. The van der Waals surface area contributed by atoms with Crippen molar-refractivity contribution in [2.45, 2.75) is 70.1 Å². The van der Waals surface area contributed by atoms with E-state index < -0.39 is 0 Å². The maximum Gasteiger partial charge on any atom is 0.237 e. The Morgan fingerprint density at radius 3 is 2.88 bits per heavy atom. The van der Waals surface area contributed by atoms with Crippen molar-refractivity contribution in [1.82, 2.24) is 10.2 Å². The number of fused-ring (bicyclic) bond motifs is 3. The van der Waals surface area contributed by atoms with Gasteiger partial charge in [0, 0.05) is 24.2 Å². The number of carbonyl (C=O) groups excluding carboxylic acids is 1. The Bertz CT molecular complexity index is 715. The van der Waals surface area contributed by atoms with E-state index in [1.807, 2.05) is 4.90 Å². The first-order chi connectivity index (χ1) is 12.2. The lowest BCUT2D eigenvalue weighted by molar-refractivity contribution is -0.131. The summed E-state index contributed by atoms with van der Waals surface area (Å²) in [5.74, 6) is 1.19. The summed E-state index contributed by atoms with van der Waals surface area (Å²) in [5.41, 5.74) is 8.34. The molecule has 142 valence electrons. The van der Waals surface area contributed by atoms with Crippen LogP contribution >= 0.6 is 0 Å². The van der Waals surface area contributed by atoms with E-state index in [-0.39, 0.29) is 22.8 Å². The van der Waals surface area contributed by atoms with E-state index >= 15 is 0 Å². The molecule has 26 heavy (non-hydrogen) atoms. The van der Waals surface area contributed by atoms with Crippen LogP contribution in [0.15, 0.2) is 18.2 Å². The van der Waals surface area contributed by atoms with Crippen molar-refractivity contribution >= 4 is 5.91 Å². The molecule has 1 aromatic rings. The fourth-order valence-corrected chi connectivity index (χ4v) is 5.96. The van der Waals surface area contributed by atoms with Gasteiger partial charge >= 0.3 is 0 Å². The van der Waals surface area contributed by atoms with Gasteiger partial charge in [-0.3, -0.25) is 4.79 Å². The minimum atomic E-state index is -0.235. The first kappa shape index (κ1) is 17.9. The van der Waals surface area contributed by atoms with Crippen LogP contribution in [0.3, 0.4) is 0 Å². The standard InChI is InChI=1S/C21H30FN3O/c1-14-5-15-8-20(2,23)13-21(7-14,9-15)24-10-19(26)25-11-16-3-4-18(22)6-17(16)12-25/h3-4,6,14-15,24H,5,7-13,23H2,1-2H3. The fraction of sp³-hybridized carbons (Fsp3) is 0.667. The maximum absolute atomic E-state index is 13.4. The molecule has 5 heteroatoms. The molecule has 2 saturated carbocycles. The van der Waals surface area contributed by atoms with E-state index in [1.165, 1.54) is 12.5 Å². The van der Waals surface area contributed by atoms with Gasteiger partial charge in [-0.1, -0.05) is 13.0 Å². The number of halogens is 1. The summed E-state index contributed by atoms with van der Waals surface area (Å²) in [6.07, 6.45) is 5.48. The summed E-state index contributed by atoms with van der Waals surface area (Å²) in [7, 11) is 0. The van der Waals surface area contributed by atoms with Gasteiger partial charge in [0.05, 0.1) is 6.54 Å². The predicted octanol–water partition coefficient (Wildman–Crippen LogP) is 2.94. The highest BCUT2D eigenvalue weighted by molar-refractivity contribution is 5.79. The molecule has 2 bridgehead atoms. The molecular weight excluding hydrogens is 329 g/mol. The number of nitrogens with two attached hydrogens (primary N) is 1. The van der Waals surface area contributed by atoms with E-state index in [0.717, 1.165) is 36.8 Å². The number of nitrogens with zero attached hydrogens (tertiary/aromatic N) is 1. The molecule has 4 atom stereocenters. The van der Waals surface area contributed by atoms with Gasteiger partial charge in [0.15, 0.2) is 0 Å². The van der Waals surface area contributed by atoms with Crippen LogP contribution in [0, 0.1) is 17.7 Å². The third kappa shape index (κ3) is 3.52. The molecular formula is C21H30FN3O. The first-order valence-corrected chi connectivity index (χ1v) is 9.83. The molecule has 4 nitrogen and oxygen atoms in total.